The first-order valence-electron chi connectivity index (χ1n) is 15.6. The lowest BCUT2D eigenvalue weighted by Gasteiger charge is -2.23. The summed E-state index contributed by atoms with van der Waals surface area (Å²) in [6.45, 7) is 8.90. The Hall–Kier alpha value is -5.70. The van der Waals surface area contributed by atoms with Crippen LogP contribution in [0.3, 0.4) is 0 Å². The van der Waals surface area contributed by atoms with E-state index in [9.17, 15) is 19.2 Å². The third-order valence-electron chi connectivity index (χ3n) is 7.98. The Morgan fingerprint density at radius 3 is 1.69 bits per heavy atom. The van der Waals surface area contributed by atoms with Gasteiger partial charge in [-0.1, -0.05) is 12.1 Å². The van der Waals surface area contributed by atoms with E-state index in [2.05, 4.69) is 53.2 Å². The number of benzene rings is 1. The number of H-pyrrole nitrogens is 3. The second-order valence-electron chi connectivity index (χ2n) is 11.3. The predicted molar refractivity (Wildman–Crippen MR) is 190 cm³/mol. The lowest BCUT2D eigenvalue weighted by Crippen LogP contribution is -2.28. The zero-order valence-electron chi connectivity index (χ0n) is 27.7. The van der Waals surface area contributed by atoms with Gasteiger partial charge in [0, 0.05) is 78.5 Å². The number of amides is 4. The third-order valence-corrected chi connectivity index (χ3v) is 8.15. The SMILES string of the molecule is CCCN(CCCl)c1ccc(C(=O)Nc2c[nH]c(C(=O)Nc3c[nH]c(C(=O)Nc4c[nH]c(C(=O)NCCC(N)=NO)c4C)c3C)c2C)cc1. The zero-order chi connectivity index (χ0) is 35.7. The highest BCUT2D eigenvalue weighted by Crippen LogP contribution is 2.25. The Kier molecular flexibility index (Phi) is 12.1. The van der Waals surface area contributed by atoms with Crippen molar-refractivity contribution in [2.75, 3.05) is 46.4 Å². The lowest BCUT2D eigenvalue weighted by atomic mass is 10.1. The number of carbonyl (C=O) groups excluding carboxylic acids is 4. The van der Waals surface area contributed by atoms with Crippen molar-refractivity contribution < 1.29 is 24.4 Å². The number of nitrogens with one attached hydrogen (secondary N) is 7. The van der Waals surface area contributed by atoms with Crippen LogP contribution in [0.25, 0.3) is 0 Å². The van der Waals surface area contributed by atoms with Crippen molar-refractivity contribution in [1.29, 1.82) is 0 Å². The maximum absolute atomic E-state index is 13.2. The molecular formula is C33H41ClN10O5. The van der Waals surface area contributed by atoms with E-state index in [-0.39, 0.29) is 41.8 Å². The molecule has 16 heteroatoms. The molecule has 4 rings (SSSR count). The van der Waals surface area contributed by atoms with Crippen molar-refractivity contribution in [3.8, 4) is 0 Å². The first-order chi connectivity index (χ1) is 23.5. The van der Waals surface area contributed by atoms with Crippen molar-refractivity contribution in [3.63, 3.8) is 0 Å². The summed E-state index contributed by atoms with van der Waals surface area (Å²) in [5.41, 5.74) is 10.4. The van der Waals surface area contributed by atoms with Crippen LogP contribution in [-0.4, -0.2) is 75.1 Å². The summed E-state index contributed by atoms with van der Waals surface area (Å²) in [5, 5.41) is 22.6. The van der Waals surface area contributed by atoms with Crippen LogP contribution in [0, 0.1) is 20.8 Å². The van der Waals surface area contributed by atoms with Gasteiger partial charge in [-0.2, -0.15) is 0 Å². The molecule has 10 N–H and O–H groups in total. The quantitative estimate of drug-likeness (QED) is 0.0281. The summed E-state index contributed by atoms with van der Waals surface area (Å²) in [7, 11) is 0. The smallest absolute Gasteiger partial charge is 0.272 e. The number of oxime groups is 1. The summed E-state index contributed by atoms with van der Waals surface area (Å²) >= 11 is 5.94. The molecule has 0 aliphatic heterocycles. The molecule has 3 heterocycles. The molecule has 0 bridgehead atoms. The van der Waals surface area contributed by atoms with Gasteiger partial charge in [0.05, 0.1) is 17.1 Å². The Labute approximate surface area is 288 Å². The van der Waals surface area contributed by atoms with Crippen LogP contribution in [0.1, 0.15) is 78.3 Å². The Morgan fingerprint density at radius 1 is 0.776 bits per heavy atom. The second kappa shape index (κ2) is 16.4. The Morgan fingerprint density at radius 2 is 1.24 bits per heavy atom. The minimum Gasteiger partial charge on any atom is -0.409 e. The maximum Gasteiger partial charge on any atom is 0.272 e. The molecule has 0 unspecified atom stereocenters. The number of anilines is 4. The molecule has 0 saturated heterocycles. The number of carbonyl (C=O) groups is 4. The Bertz CT molecular complexity index is 1830. The topological polar surface area (TPSA) is 226 Å². The predicted octanol–water partition coefficient (Wildman–Crippen LogP) is 4.67. The molecule has 15 nitrogen and oxygen atoms in total. The van der Waals surface area contributed by atoms with Crippen LogP contribution in [0.4, 0.5) is 22.7 Å². The summed E-state index contributed by atoms with van der Waals surface area (Å²) in [5.74, 6) is -1.19. The highest BCUT2D eigenvalue weighted by atomic mass is 35.5. The monoisotopic (exact) mass is 692 g/mol. The standard InChI is InChI=1S/C33H41ClN10O5/c1-5-13-44(14-11-34)22-8-6-21(7-9-22)30(45)40-23-15-38-28(19(23)3)32(47)42-25-17-39-29(20(25)4)33(48)41-24-16-37-27(18(24)2)31(46)36-12-10-26(35)43-49/h6-9,15-17,37-39,49H,5,10-14H2,1-4H3,(H2,35,43)(H,36,46)(H,40,45)(H,41,48)(H,42,47). The van der Waals surface area contributed by atoms with Gasteiger partial charge in [-0.25, -0.2) is 0 Å². The fraction of sp³-hybridized carbons (Fsp3) is 0.303. The molecule has 0 aliphatic carbocycles. The van der Waals surface area contributed by atoms with Crippen molar-refractivity contribution >= 4 is 63.8 Å². The minimum absolute atomic E-state index is 0.0132. The van der Waals surface area contributed by atoms with Crippen molar-refractivity contribution in [1.82, 2.24) is 20.3 Å². The molecule has 0 aliphatic rings. The maximum atomic E-state index is 13.2. The van der Waals surface area contributed by atoms with Crippen LogP contribution in [0.5, 0.6) is 0 Å². The van der Waals surface area contributed by atoms with Crippen LogP contribution in [-0.2, 0) is 0 Å². The van der Waals surface area contributed by atoms with Gasteiger partial charge in [0.25, 0.3) is 23.6 Å². The van der Waals surface area contributed by atoms with Gasteiger partial charge in [-0.05, 0) is 51.5 Å². The van der Waals surface area contributed by atoms with Crippen molar-refractivity contribution in [3.05, 3.63) is 82.2 Å². The molecule has 1 aromatic carbocycles. The molecule has 260 valence electrons. The van der Waals surface area contributed by atoms with E-state index in [4.69, 9.17) is 22.5 Å². The van der Waals surface area contributed by atoms with Gasteiger partial charge >= 0.3 is 0 Å². The number of aromatic nitrogens is 3. The number of halogens is 1. The van der Waals surface area contributed by atoms with Crippen LogP contribution in [0.2, 0.25) is 0 Å². The van der Waals surface area contributed by atoms with Crippen LogP contribution >= 0.6 is 11.6 Å². The van der Waals surface area contributed by atoms with Gasteiger partial charge in [-0.15, -0.1) is 11.6 Å². The van der Waals surface area contributed by atoms with Gasteiger partial charge in [0.1, 0.15) is 22.9 Å². The fourth-order valence-electron chi connectivity index (χ4n) is 5.16. The highest BCUT2D eigenvalue weighted by molar-refractivity contribution is 6.18. The first kappa shape index (κ1) is 36.1. The molecule has 4 amide bonds. The average molecular weight is 693 g/mol. The molecule has 0 fully saturated rings. The summed E-state index contributed by atoms with van der Waals surface area (Å²) in [4.78, 5) is 62.7. The normalized spacial score (nSPS) is 11.2. The molecule has 4 aromatic rings. The molecular weight excluding hydrogens is 652 g/mol. The van der Waals surface area contributed by atoms with E-state index in [0.717, 1.165) is 18.7 Å². The molecule has 0 atom stereocenters. The second-order valence-corrected chi connectivity index (χ2v) is 11.7. The zero-order valence-corrected chi connectivity index (χ0v) is 28.5. The number of aromatic amines is 3. The van der Waals surface area contributed by atoms with Gasteiger partial charge in [0.2, 0.25) is 0 Å². The largest absolute Gasteiger partial charge is 0.409 e. The number of alkyl halides is 1. The van der Waals surface area contributed by atoms with E-state index in [0.29, 0.717) is 51.7 Å². The van der Waals surface area contributed by atoms with Crippen molar-refractivity contribution in [2.24, 2.45) is 10.9 Å². The van der Waals surface area contributed by atoms with E-state index < -0.39 is 17.7 Å². The molecule has 3 aromatic heterocycles. The first-order valence-corrected chi connectivity index (χ1v) is 16.2. The third kappa shape index (κ3) is 8.61. The van der Waals surface area contributed by atoms with Crippen LogP contribution in [0.15, 0.2) is 48.0 Å². The summed E-state index contributed by atoms with van der Waals surface area (Å²) in [6.07, 6.45) is 5.70. The van der Waals surface area contributed by atoms with E-state index in [1.807, 2.05) is 12.1 Å². The molecule has 0 spiro atoms. The lowest BCUT2D eigenvalue weighted by molar-refractivity contribution is 0.0947. The van der Waals surface area contributed by atoms with Crippen molar-refractivity contribution in [2.45, 2.75) is 40.5 Å². The van der Waals surface area contributed by atoms with Crippen LogP contribution < -0.4 is 31.9 Å². The Balaban J connectivity index is 1.37. The average Bonchev–Trinajstić information content (AvgIpc) is 3.76. The van der Waals surface area contributed by atoms with Gasteiger partial charge in [-0.3, -0.25) is 19.2 Å². The highest BCUT2D eigenvalue weighted by Gasteiger charge is 2.22. The van der Waals surface area contributed by atoms with E-state index in [1.165, 1.54) is 12.4 Å². The summed E-state index contributed by atoms with van der Waals surface area (Å²) < 4.78 is 0. The van der Waals surface area contributed by atoms with E-state index in [1.54, 1.807) is 39.1 Å². The van der Waals surface area contributed by atoms with E-state index >= 15 is 0 Å². The molecule has 49 heavy (non-hydrogen) atoms. The number of rotatable bonds is 15. The van der Waals surface area contributed by atoms with Gasteiger partial charge in [0.15, 0.2) is 0 Å². The number of nitrogens with zero attached hydrogens (tertiary/aromatic N) is 2. The number of hydrogen-bond donors (Lipinski definition) is 9. The number of hydrogen-bond acceptors (Lipinski definition) is 7. The number of amidine groups is 1. The molecule has 0 radical (unpaired) electrons. The minimum atomic E-state index is -0.481. The number of nitrogens with two attached hydrogens (primary N) is 1. The van der Waals surface area contributed by atoms with Gasteiger partial charge < -0.3 is 52.1 Å². The summed E-state index contributed by atoms with van der Waals surface area (Å²) in [6, 6.07) is 7.28. The fourth-order valence-corrected chi connectivity index (χ4v) is 5.36. The molecule has 0 saturated carbocycles.